The summed E-state index contributed by atoms with van der Waals surface area (Å²) in [4.78, 5) is 54.8. The topological polar surface area (TPSA) is 117 Å². The molecule has 0 atom stereocenters. The van der Waals surface area contributed by atoms with Crippen LogP contribution in [0.3, 0.4) is 0 Å². The summed E-state index contributed by atoms with van der Waals surface area (Å²) in [6.07, 6.45) is 0. The van der Waals surface area contributed by atoms with E-state index in [9.17, 15) is 24.5 Å². The van der Waals surface area contributed by atoms with Gasteiger partial charge in [0.05, 0.1) is 27.1 Å². The van der Waals surface area contributed by atoms with E-state index in [1.165, 1.54) is 36.9 Å². The van der Waals surface area contributed by atoms with E-state index in [1.807, 2.05) is 0 Å². The third-order valence-corrected chi connectivity index (χ3v) is 5.61. The van der Waals surface area contributed by atoms with Crippen molar-refractivity contribution < 1.29 is 9.72 Å². The van der Waals surface area contributed by atoms with Crippen LogP contribution in [0.25, 0.3) is 33.4 Å². The molecule has 0 saturated heterocycles. The Morgan fingerprint density at radius 2 is 1.45 bits per heavy atom. The molecule has 0 amide bonds. The Morgan fingerprint density at radius 3 is 2.13 bits per heavy atom. The molecule has 0 bridgehead atoms. The maximum atomic E-state index is 13.4. The molecule has 0 fully saturated rings. The van der Waals surface area contributed by atoms with Crippen LogP contribution in [0.5, 0.6) is 0 Å². The Bertz CT molecular complexity index is 1600. The third-order valence-electron chi connectivity index (χ3n) is 5.61. The monoisotopic (exact) mass is 414 g/mol. The summed E-state index contributed by atoms with van der Waals surface area (Å²) in [6, 6.07) is 12.7. The second kappa shape index (κ2) is 6.30. The average Bonchev–Trinajstić information content (AvgIpc) is 3.07. The number of rotatable bonds is 2. The summed E-state index contributed by atoms with van der Waals surface area (Å²) in [6.45, 7) is 0. The number of benzene rings is 2. The molecule has 1 aliphatic carbocycles. The molecule has 9 heteroatoms. The number of carbonyl (C=O) groups excluding carboxylic acids is 1. The summed E-state index contributed by atoms with van der Waals surface area (Å²) < 4.78 is 2.11. The molecular weight excluding hydrogens is 400 g/mol. The Kier molecular flexibility index (Phi) is 3.78. The zero-order chi connectivity index (χ0) is 22.0. The molecule has 2 heterocycles. The summed E-state index contributed by atoms with van der Waals surface area (Å²) in [7, 11) is 2.78. The van der Waals surface area contributed by atoms with Gasteiger partial charge in [-0.25, -0.2) is 9.78 Å². The second-order valence-corrected chi connectivity index (χ2v) is 7.26. The smallest absolute Gasteiger partial charge is 0.288 e. The molecule has 0 aliphatic heterocycles. The van der Waals surface area contributed by atoms with Crippen LogP contribution >= 0.6 is 0 Å². The lowest BCUT2D eigenvalue weighted by Gasteiger charge is -2.14. The molecule has 0 saturated carbocycles. The van der Waals surface area contributed by atoms with Gasteiger partial charge in [-0.2, -0.15) is 0 Å². The molecule has 152 valence electrons. The van der Waals surface area contributed by atoms with Crippen molar-refractivity contribution in [2.75, 3.05) is 0 Å². The molecule has 2 aromatic carbocycles. The molecule has 0 spiro atoms. The quantitative estimate of drug-likeness (QED) is 0.323. The van der Waals surface area contributed by atoms with E-state index < -0.39 is 16.2 Å². The van der Waals surface area contributed by atoms with Crippen LogP contribution in [-0.4, -0.2) is 24.8 Å². The number of pyridine rings is 1. The Balaban J connectivity index is 2.10. The van der Waals surface area contributed by atoms with Crippen molar-refractivity contribution >= 4 is 22.5 Å². The van der Waals surface area contributed by atoms with Gasteiger partial charge in [0.1, 0.15) is 0 Å². The van der Waals surface area contributed by atoms with Gasteiger partial charge in [0.25, 0.3) is 11.2 Å². The van der Waals surface area contributed by atoms with Crippen molar-refractivity contribution in [1.82, 2.24) is 14.1 Å². The van der Waals surface area contributed by atoms with Crippen LogP contribution in [0, 0.1) is 10.1 Å². The lowest BCUT2D eigenvalue weighted by Crippen LogP contribution is -2.37. The van der Waals surface area contributed by atoms with Gasteiger partial charge >= 0.3 is 5.69 Å². The fourth-order valence-corrected chi connectivity index (χ4v) is 4.14. The number of hydrogen-bond donors (Lipinski definition) is 0. The van der Waals surface area contributed by atoms with E-state index in [4.69, 9.17) is 0 Å². The van der Waals surface area contributed by atoms with Gasteiger partial charge in [0.15, 0.2) is 11.4 Å². The normalized spacial score (nSPS) is 12.1. The number of aromatic nitrogens is 3. The van der Waals surface area contributed by atoms with E-state index in [2.05, 4.69) is 4.98 Å². The highest BCUT2D eigenvalue weighted by Crippen LogP contribution is 2.44. The first-order valence-corrected chi connectivity index (χ1v) is 9.34. The van der Waals surface area contributed by atoms with Crippen LogP contribution in [0.2, 0.25) is 0 Å². The van der Waals surface area contributed by atoms with E-state index in [0.717, 1.165) is 4.57 Å². The first-order chi connectivity index (χ1) is 14.8. The molecule has 0 radical (unpaired) electrons. The standard InChI is InChI=1S/C22H14N4O5/c1-24-20-17(21(28)25(2)22(24)29)15(13-9-5-6-10-14(13)26(30)31)16-18(23-20)11-7-3-4-8-12(11)19(16)27/h3-10H,1-2H3. The van der Waals surface area contributed by atoms with Gasteiger partial charge in [-0.05, 0) is 6.07 Å². The van der Waals surface area contributed by atoms with Crippen molar-refractivity contribution in [2.45, 2.75) is 0 Å². The van der Waals surface area contributed by atoms with Crippen molar-refractivity contribution in [3.05, 3.63) is 90.6 Å². The number of ketones is 1. The lowest BCUT2D eigenvalue weighted by atomic mass is 9.94. The van der Waals surface area contributed by atoms with Crippen LogP contribution in [-0.2, 0) is 14.1 Å². The largest absolute Gasteiger partial charge is 0.332 e. The average molecular weight is 414 g/mol. The third kappa shape index (κ3) is 2.37. The molecule has 0 N–H and O–H groups in total. The van der Waals surface area contributed by atoms with Crippen molar-refractivity contribution in [3.63, 3.8) is 0 Å². The van der Waals surface area contributed by atoms with E-state index in [-0.39, 0.29) is 39.2 Å². The lowest BCUT2D eigenvalue weighted by molar-refractivity contribution is -0.384. The first-order valence-electron chi connectivity index (χ1n) is 9.34. The first kappa shape index (κ1) is 18.6. The molecule has 5 rings (SSSR count). The van der Waals surface area contributed by atoms with Gasteiger partial charge in [-0.15, -0.1) is 0 Å². The van der Waals surface area contributed by atoms with Crippen LogP contribution in [0.15, 0.2) is 58.1 Å². The Morgan fingerprint density at radius 1 is 0.839 bits per heavy atom. The maximum absolute atomic E-state index is 13.4. The number of carbonyl (C=O) groups is 1. The van der Waals surface area contributed by atoms with Gasteiger partial charge in [0, 0.05) is 36.9 Å². The summed E-state index contributed by atoms with van der Waals surface area (Å²) in [5.41, 5.74) is 0.142. The minimum atomic E-state index is -0.676. The molecule has 9 nitrogen and oxygen atoms in total. The predicted molar refractivity (Wildman–Crippen MR) is 113 cm³/mol. The number of nitrogens with zero attached hydrogens (tertiary/aromatic N) is 4. The highest BCUT2D eigenvalue weighted by Gasteiger charge is 2.35. The Hall–Kier alpha value is -4.40. The molecule has 31 heavy (non-hydrogen) atoms. The summed E-state index contributed by atoms with van der Waals surface area (Å²) in [5.74, 6) is -0.371. The highest BCUT2D eigenvalue weighted by molar-refractivity contribution is 6.26. The van der Waals surface area contributed by atoms with E-state index in [0.29, 0.717) is 16.8 Å². The summed E-state index contributed by atoms with van der Waals surface area (Å²) in [5, 5.41) is 11.8. The van der Waals surface area contributed by atoms with Gasteiger partial charge in [0.2, 0.25) is 0 Å². The number of nitro benzene ring substituents is 1. The minimum Gasteiger partial charge on any atom is -0.288 e. The van der Waals surface area contributed by atoms with Crippen LogP contribution in [0.4, 0.5) is 5.69 Å². The molecule has 2 aromatic heterocycles. The van der Waals surface area contributed by atoms with Gasteiger partial charge < -0.3 is 0 Å². The zero-order valence-electron chi connectivity index (χ0n) is 16.4. The van der Waals surface area contributed by atoms with E-state index >= 15 is 0 Å². The highest BCUT2D eigenvalue weighted by atomic mass is 16.6. The molecule has 1 aliphatic rings. The molecular formula is C22H14N4O5. The fraction of sp³-hybridized carbons (Fsp3) is 0.0909. The number of para-hydroxylation sites is 1. The zero-order valence-corrected chi connectivity index (χ0v) is 16.4. The summed E-state index contributed by atoms with van der Waals surface area (Å²) >= 11 is 0. The van der Waals surface area contributed by atoms with E-state index in [1.54, 1.807) is 30.3 Å². The predicted octanol–water partition coefficient (Wildman–Crippen LogP) is 2.42. The number of fused-ring (bicyclic) bond motifs is 4. The number of nitro groups is 1. The van der Waals surface area contributed by atoms with Crippen LogP contribution in [0.1, 0.15) is 15.9 Å². The van der Waals surface area contributed by atoms with Gasteiger partial charge in [-0.1, -0.05) is 36.4 Å². The van der Waals surface area contributed by atoms with Gasteiger partial charge in [-0.3, -0.25) is 28.8 Å². The number of aryl methyl sites for hydroxylation is 1. The van der Waals surface area contributed by atoms with Crippen molar-refractivity contribution in [3.8, 4) is 22.4 Å². The molecule has 0 unspecified atom stereocenters. The van der Waals surface area contributed by atoms with Crippen LogP contribution < -0.4 is 11.2 Å². The molecule has 4 aromatic rings. The minimum absolute atomic E-state index is 0.0150. The Labute approximate surface area is 174 Å². The fourth-order valence-electron chi connectivity index (χ4n) is 4.14. The SMILES string of the molecule is Cn1c(=O)c2c(-c3ccccc3[N+](=O)[O-])c3c(nc2n(C)c1=O)-c1ccccc1C3=O. The number of hydrogen-bond acceptors (Lipinski definition) is 6. The second-order valence-electron chi connectivity index (χ2n) is 7.26. The van der Waals surface area contributed by atoms with Crippen molar-refractivity contribution in [1.29, 1.82) is 0 Å². The maximum Gasteiger partial charge on any atom is 0.332 e. The van der Waals surface area contributed by atoms with Crippen molar-refractivity contribution in [2.24, 2.45) is 14.1 Å².